The molecule has 2 aromatic carbocycles. The molecule has 30 heavy (non-hydrogen) atoms. The summed E-state index contributed by atoms with van der Waals surface area (Å²) in [4.78, 5) is 12.4. The van der Waals surface area contributed by atoms with Crippen molar-refractivity contribution in [2.24, 2.45) is 0 Å². The van der Waals surface area contributed by atoms with Gasteiger partial charge in [0.2, 0.25) is 15.9 Å². The lowest BCUT2D eigenvalue weighted by atomic mass is 10.1. The first-order valence-corrected chi connectivity index (χ1v) is 12.0. The summed E-state index contributed by atoms with van der Waals surface area (Å²) in [5.74, 6) is 0.513. The molecule has 1 amide bonds. The van der Waals surface area contributed by atoms with Crippen molar-refractivity contribution in [1.29, 1.82) is 0 Å². The normalized spacial score (nSPS) is 11.4. The summed E-state index contributed by atoms with van der Waals surface area (Å²) in [6.07, 6.45) is 2.78. The van der Waals surface area contributed by atoms with Crippen molar-refractivity contribution in [2.75, 3.05) is 23.7 Å². The summed E-state index contributed by atoms with van der Waals surface area (Å²) in [5.41, 5.74) is 3.68. The van der Waals surface area contributed by atoms with Crippen molar-refractivity contribution < 1.29 is 17.9 Å². The van der Waals surface area contributed by atoms with Crippen molar-refractivity contribution in [2.45, 2.75) is 46.6 Å². The molecule has 0 bridgehead atoms. The molecular weight excluding hydrogens is 400 g/mol. The number of anilines is 1. The van der Waals surface area contributed by atoms with Gasteiger partial charge < -0.3 is 10.1 Å². The number of nitrogens with zero attached hydrogens (tertiary/aromatic N) is 1. The minimum atomic E-state index is -3.57. The van der Waals surface area contributed by atoms with E-state index in [-0.39, 0.29) is 18.6 Å². The molecule has 164 valence electrons. The quantitative estimate of drug-likeness (QED) is 0.582. The van der Waals surface area contributed by atoms with Crippen LogP contribution in [-0.4, -0.2) is 39.8 Å². The predicted molar refractivity (Wildman–Crippen MR) is 122 cm³/mol. The van der Waals surface area contributed by atoms with Gasteiger partial charge in [-0.15, -0.1) is 0 Å². The number of carbonyl (C=O) groups excluding carboxylic acids is 1. The van der Waals surface area contributed by atoms with Crippen LogP contribution in [0.2, 0.25) is 0 Å². The largest absolute Gasteiger partial charge is 0.491 e. The van der Waals surface area contributed by atoms with E-state index in [1.165, 1.54) is 0 Å². The lowest BCUT2D eigenvalue weighted by Gasteiger charge is -2.22. The fraction of sp³-hybridized carbons (Fsp3) is 0.435. The molecule has 0 heterocycles. The molecule has 1 N–H and O–H groups in total. The standard InChI is InChI=1S/C23H32N2O4S/c1-17(2)29-22-10-6-8-20(15-22)9-7-13-24-23(26)16-25(30(5,27)28)21-12-11-18(3)19(4)14-21/h6,8,10-12,14-15,17H,7,9,13,16H2,1-5H3,(H,24,26). The van der Waals surface area contributed by atoms with Gasteiger partial charge in [0.25, 0.3) is 0 Å². The summed E-state index contributed by atoms with van der Waals surface area (Å²) in [7, 11) is -3.57. The van der Waals surface area contributed by atoms with E-state index >= 15 is 0 Å². The molecular formula is C23H32N2O4S. The zero-order valence-corrected chi connectivity index (χ0v) is 19.3. The molecule has 6 nitrogen and oxygen atoms in total. The van der Waals surface area contributed by atoms with Gasteiger partial charge in [-0.1, -0.05) is 18.2 Å². The third-order valence-corrected chi connectivity index (χ3v) is 5.84. The molecule has 0 aliphatic heterocycles. The summed E-state index contributed by atoms with van der Waals surface area (Å²) in [5, 5.41) is 2.82. The molecule has 0 aliphatic rings. The molecule has 0 atom stereocenters. The molecule has 0 unspecified atom stereocenters. The van der Waals surface area contributed by atoms with Gasteiger partial charge in [-0.2, -0.15) is 0 Å². The highest BCUT2D eigenvalue weighted by Gasteiger charge is 2.21. The topological polar surface area (TPSA) is 75.7 Å². The highest BCUT2D eigenvalue weighted by atomic mass is 32.2. The van der Waals surface area contributed by atoms with Crippen LogP contribution >= 0.6 is 0 Å². The van der Waals surface area contributed by atoms with Crippen molar-refractivity contribution in [3.63, 3.8) is 0 Å². The number of amides is 1. The molecule has 0 radical (unpaired) electrons. The molecule has 7 heteroatoms. The second-order valence-corrected chi connectivity index (χ2v) is 9.71. The Morgan fingerprint density at radius 2 is 1.83 bits per heavy atom. The van der Waals surface area contributed by atoms with Gasteiger partial charge in [-0.25, -0.2) is 8.42 Å². The number of hydrogen-bond acceptors (Lipinski definition) is 4. The Hall–Kier alpha value is -2.54. The van der Waals surface area contributed by atoms with E-state index in [1.54, 1.807) is 12.1 Å². The van der Waals surface area contributed by atoms with E-state index in [9.17, 15) is 13.2 Å². The highest BCUT2D eigenvalue weighted by Crippen LogP contribution is 2.21. The third-order valence-electron chi connectivity index (χ3n) is 4.70. The fourth-order valence-corrected chi connectivity index (χ4v) is 3.88. The maximum atomic E-state index is 12.4. The van der Waals surface area contributed by atoms with E-state index in [1.807, 2.05) is 58.0 Å². The predicted octanol–water partition coefficient (Wildman–Crippen LogP) is 3.61. The molecule has 2 aromatic rings. The van der Waals surface area contributed by atoms with Gasteiger partial charge in [-0.3, -0.25) is 9.10 Å². The number of carbonyl (C=O) groups is 1. The van der Waals surface area contributed by atoms with Gasteiger partial charge >= 0.3 is 0 Å². The van der Waals surface area contributed by atoms with Crippen LogP contribution in [0, 0.1) is 13.8 Å². The molecule has 0 saturated heterocycles. The number of sulfonamides is 1. The van der Waals surface area contributed by atoms with Crippen LogP contribution in [0.25, 0.3) is 0 Å². The number of aryl methyl sites for hydroxylation is 3. The number of ether oxygens (including phenoxy) is 1. The fourth-order valence-electron chi connectivity index (χ4n) is 3.03. The van der Waals surface area contributed by atoms with Crippen molar-refractivity contribution in [3.8, 4) is 5.75 Å². The van der Waals surface area contributed by atoms with Crippen molar-refractivity contribution >= 4 is 21.6 Å². The Labute approximate surface area is 180 Å². The minimum Gasteiger partial charge on any atom is -0.491 e. The monoisotopic (exact) mass is 432 g/mol. The Balaban J connectivity index is 1.90. The Morgan fingerprint density at radius 3 is 2.47 bits per heavy atom. The number of benzene rings is 2. The van der Waals surface area contributed by atoms with Crippen LogP contribution < -0.4 is 14.4 Å². The van der Waals surface area contributed by atoms with Gasteiger partial charge in [0.15, 0.2) is 0 Å². The number of nitrogens with one attached hydrogen (secondary N) is 1. The Bertz CT molecular complexity index is 971. The first-order chi connectivity index (χ1) is 14.1. The second-order valence-electron chi connectivity index (χ2n) is 7.81. The second kappa shape index (κ2) is 10.5. The average Bonchev–Trinajstić information content (AvgIpc) is 2.64. The SMILES string of the molecule is Cc1ccc(N(CC(=O)NCCCc2cccc(OC(C)C)c2)S(C)(=O)=O)cc1C. The van der Waals surface area contributed by atoms with Crippen LogP contribution in [0.5, 0.6) is 5.75 Å². The Morgan fingerprint density at radius 1 is 1.10 bits per heavy atom. The summed E-state index contributed by atoms with van der Waals surface area (Å²) in [6.45, 7) is 8.08. The van der Waals surface area contributed by atoms with Gasteiger partial charge in [0, 0.05) is 6.54 Å². The van der Waals surface area contributed by atoms with Crippen LogP contribution in [0.3, 0.4) is 0 Å². The van der Waals surface area contributed by atoms with Crippen molar-refractivity contribution in [1.82, 2.24) is 5.32 Å². The first kappa shape index (κ1) is 23.7. The third kappa shape index (κ3) is 7.37. The summed E-state index contributed by atoms with van der Waals surface area (Å²) < 4.78 is 31.3. The van der Waals surface area contributed by atoms with E-state index in [0.29, 0.717) is 12.2 Å². The zero-order valence-electron chi connectivity index (χ0n) is 18.4. The lowest BCUT2D eigenvalue weighted by molar-refractivity contribution is -0.119. The molecule has 0 aliphatic carbocycles. The average molecular weight is 433 g/mol. The van der Waals surface area contributed by atoms with Crippen LogP contribution in [-0.2, 0) is 21.2 Å². The summed E-state index contributed by atoms with van der Waals surface area (Å²) >= 11 is 0. The number of hydrogen-bond donors (Lipinski definition) is 1. The van der Waals surface area contributed by atoms with Crippen LogP contribution in [0.1, 0.15) is 37.0 Å². The van der Waals surface area contributed by atoms with Crippen LogP contribution in [0.4, 0.5) is 5.69 Å². The van der Waals surface area contributed by atoms with E-state index in [0.717, 1.165) is 45.8 Å². The number of rotatable bonds is 10. The van der Waals surface area contributed by atoms with E-state index in [4.69, 9.17) is 4.74 Å². The minimum absolute atomic E-state index is 0.120. The molecule has 2 rings (SSSR count). The van der Waals surface area contributed by atoms with E-state index < -0.39 is 10.0 Å². The molecule has 0 fully saturated rings. The maximum Gasteiger partial charge on any atom is 0.240 e. The maximum absolute atomic E-state index is 12.4. The molecule has 0 aromatic heterocycles. The van der Waals surface area contributed by atoms with Gasteiger partial charge in [0.05, 0.1) is 18.0 Å². The van der Waals surface area contributed by atoms with Gasteiger partial charge in [-0.05, 0) is 81.5 Å². The summed E-state index contributed by atoms with van der Waals surface area (Å²) in [6, 6.07) is 13.3. The Kier molecular flexibility index (Phi) is 8.29. The first-order valence-electron chi connectivity index (χ1n) is 10.1. The molecule has 0 spiro atoms. The molecule has 0 saturated carbocycles. The zero-order chi connectivity index (χ0) is 22.3. The van der Waals surface area contributed by atoms with Crippen molar-refractivity contribution in [3.05, 3.63) is 59.2 Å². The highest BCUT2D eigenvalue weighted by molar-refractivity contribution is 7.92. The van der Waals surface area contributed by atoms with Crippen LogP contribution in [0.15, 0.2) is 42.5 Å². The van der Waals surface area contributed by atoms with E-state index in [2.05, 4.69) is 5.32 Å². The van der Waals surface area contributed by atoms with Gasteiger partial charge in [0.1, 0.15) is 12.3 Å². The smallest absolute Gasteiger partial charge is 0.240 e. The lowest BCUT2D eigenvalue weighted by Crippen LogP contribution is -2.40.